The normalized spacial score (nSPS) is 13.1. The van der Waals surface area contributed by atoms with E-state index in [1.54, 1.807) is 11.3 Å². The number of rotatable bonds is 10. The van der Waals surface area contributed by atoms with Crippen molar-refractivity contribution in [3.05, 3.63) is 22.4 Å². The third-order valence-electron chi connectivity index (χ3n) is 2.28. The topological polar surface area (TPSA) is 50.7 Å². The van der Waals surface area contributed by atoms with E-state index in [1.165, 1.54) is 5.56 Å². The zero-order valence-corrected chi connectivity index (χ0v) is 11.9. The van der Waals surface area contributed by atoms with Crippen molar-refractivity contribution in [3.63, 3.8) is 0 Å². The van der Waals surface area contributed by atoms with Crippen LogP contribution in [0, 0.1) is 0 Å². The van der Waals surface area contributed by atoms with Crippen LogP contribution in [0.3, 0.4) is 0 Å². The molecule has 0 amide bonds. The molecule has 1 heterocycles. The van der Waals surface area contributed by atoms with E-state index in [2.05, 4.69) is 16.8 Å². The van der Waals surface area contributed by atoms with Crippen molar-refractivity contribution in [1.29, 1.82) is 0 Å². The lowest BCUT2D eigenvalue weighted by Gasteiger charge is -2.13. The summed E-state index contributed by atoms with van der Waals surface area (Å²) in [4.78, 5) is 0. The first-order valence-electron chi connectivity index (χ1n) is 6.27. The van der Waals surface area contributed by atoms with Crippen LogP contribution < -0.4 is 5.32 Å². The largest absolute Gasteiger partial charge is 0.389 e. The maximum atomic E-state index is 9.66. The van der Waals surface area contributed by atoms with Crippen molar-refractivity contribution >= 4 is 11.3 Å². The number of hydrogen-bond donors (Lipinski definition) is 2. The Morgan fingerprint density at radius 1 is 1.39 bits per heavy atom. The second-order valence-electron chi connectivity index (χ2n) is 4.41. The molecule has 1 atom stereocenters. The fourth-order valence-electron chi connectivity index (χ4n) is 1.40. The Morgan fingerprint density at radius 2 is 2.22 bits per heavy atom. The van der Waals surface area contributed by atoms with E-state index in [0.29, 0.717) is 26.4 Å². The molecule has 0 aliphatic heterocycles. The Kier molecular flexibility index (Phi) is 8.20. The molecule has 0 bridgehead atoms. The summed E-state index contributed by atoms with van der Waals surface area (Å²) in [6, 6.07) is 2.07. The molecule has 18 heavy (non-hydrogen) atoms. The number of aliphatic hydroxyl groups is 1. The van der Waals surface area contributed by atoms with Gasteiger partial charge in [0.25, 0.3) is 0 Å². The van der Waals surface area contributed by atoms with Crippen molar-refractivity contribution in [3.8, 4) is 0 Å². The molecule has 1 aromatic heterocycles. The van der Waals surface area contributed by atoms with Crippen molar-refractivity contribution in [2.45, 2.75) is 32.6 Å². The number of ether oxygens (including phenoxy) is 2. The molecule has 5 heteroatoms. The minimum atomic E-state index is -0.470. The maximum absolute atomic E-state index is 9.66. The molecule has 1 unspecified atom stereocenters. The quantitative estimate of drug-likeness (QED) is 0.636. The van der Waals surface area contributed by atoms with Crippen LogP contribution in [0.4, 0.5) is 0 Å². The van der Waals surface area contributed by atoms with Crippen molar-refractivity contribution in [2.75, 3.05) is 26.4 Å². The van der Waals surface area contributed by atoms with E-state index < -0.39 is 6.10 Å². The highest BCUT2D eigenvalue weighted by molar-refractivity contribution is 7.07. The predicted octanol–water partition coefficient (Wildman–Crippen LogP) is 1.64. The van der Waals surface area contributed by atoms with Gasteiger partial charge in [0.2, 0.25) is 0 Å². The summed E-state index contributed by atoms with van der Waals surface area (Å²) in [5.41, 5.74) is 1.25. The fraction of sp³-hybridized carbons (Fsp3) is 0.692. The zero-order valence-electron chi connectivity index (χ0n) is 11.1. The molecule has 0 aliphatic rings. The first kappa shape index (κ1) is 15.6. The summed E-state index contributed by atoms with van der Waals surface area (Å²) < 4.78 is 10.7. The van der Waals surface area contributed by atoms with Crippen LogP contribution in [0.25, 0.3) is 0 Å². The zero-order chi connectivity index (χ0) is 13.2. The van der Waals surface area contributed by atoms with E-state index in [1.807, 2.05) is 19.2 Å². The van der Waals surface area contributed by atoms with Gasteiger partial charge in [-0.1, -0.05) is 0 Å². The Labute approximate surface area is 113 Å². The van der Waals surface area contributed by atoms with Crippen LogP contribution in [0.15, 0.2) is 16.8 Å². The molecule has 0 saturated carbocycles. The molecule has 0 radical (unpaired) electrons. The number of nitrogens with one attached hydrogen (secondary N) is 1. The number of hydrogen-bond acceptors (Lipinski definition) is 5. The SMILES string of the molecule is CC(C)OCCOCC(O)CNCc1ccsc1. The van der Waals surface area contributed by atoms with Crippen LogP contribution in [-0.2, 0) is 16.0 Å². The van der Waals surface area contributed by atoms with Gasteiger partial charge in [0.1, 0.15) is 0 Å². The Hall–Kier alpha value is -0.460. The molecule has 2 N–H and O–H groups in total. The van der Waals surface area contributed by atoms with E-state index in [0.717, 1.165) is 6.54 Å². The van der Waals surface area contributed by atoms with E-state index >= 15 is 0 Å². The molecule has 1 aromatic rings. The Morgan fingerprint density at radius 3 is 2.89 bits per heavy atom. The molecule has 0 spiro atoms. The molecule has 0 aromatic carbocycles. The lowest BCUT2D eigenvalue weighted by Crippen LogP contribution is -2.30. The third kappa shape index (κ3) is 7.79. The molecule has 4 nitrogen and oxygen atoms in total. The van der Waals surface area contributed by atoms with Crippen LogP contribution in [0.1, 0.15) is 19.4 Å². The fourth-order valence-corrected chi connectivity index (χ4v) is 2.07. The van der Waals surface area contributed by atoms with Gasteiger partial charge in [-0.25, -0.2) is 0 Å². The van der Waals surface area contributed by atoms with Gasteiger partial charge >= 0.3 is 0 Å². The average Bonchev–Trinajstić information content (AvgIpc) is 2.81. The van der Waals surface area contributed by atoms with Gasteiger partial charge in [0, 0.05) is 13.1 Å². The van der Waals surface area contributed by atoms with E-state index in [4.69, 9.17) is 9.47 Å². The first-order chi connectivity index (χ1) is 8.68. The Balaban J connectivity index is 1.92. The van der Waals surface area contributed by atoms with E-state index in [9.17, 15) is 5.11 Å². The molecule has 0 aliphatic carbocycles. The molecule has 0 fully saturated rings. The summed E-state index contributed by atoms with van der Waals surface area (Å²) in [7, 11) is 0. The highest BCUT2D eigenvalue weighted by atomic mass is 32.1. The molecular weight excluding hydrogens is 250 g/mol. The molecule has 0 saturated heterocycles. The summed E-state index contributed by atoms with van der Waals surface area (Å²) >= 11 is 1.68. The minimum Gasteiger partial charge on any atom is -0.389 e. The van der Waals surface area contributed by atoms with Crippen molar-refractivity contribution in [2.24, 2.45) is 0 Å². The molecular formula is C13H23NO3S. The van der Waals surface area contributed by atoms with Crippen molar-refractivity contribution in [1.82, 2.24) is 5.32 Å². The van der Waals surface area contributed by atoms with Gasteiger partial charge in [-0.3, -0.25) is 0 Å². The lowest BCUT2D eigenvalue weighted by molar-refractivity contribution is -0.0100. The summed E-state index contributed by atoms with van der Waals surface area (Å²) in [5, 5.41) is 17.0. The third-order valence-corrected chi connectivity index (χ3v) is 3.01. The smallest absolute Gasteiger partial charge is 0.0897 e. The summed E-state index contributed by atoms with van der Waals surface area (Å²) in [6.07, 6.45) is -0.242. The van der Waals surface area contributed by atoms with Gasteiger partial charge in [0.15, 0.2) is 0 Å². The summed E-state index contributed by atoms with van der Waals surface area (Å²) in [5.74, 6) is 0. The van der Waals surface area contributed by atoms with Gasteiger partial charge < -0.3 is 19.9 Å². The van der Waals surface area contributed by atoms with E-state index in [-0.39, 0.29) is 6.10 Å². The highest BCUT2D eigenvalue weighted by Gasteiger charge is 2.04. The Bertz CT molecular complexity index is 290. The maximum Gasteiger partial charge on any atom is 0.0897 e. The second-order valence-corrected chi connectivity index (χ2v) is 5.19. The van der Waals surface area contributed by atoms with Crippen LogP contribution in [0.2, 0.25) is 0 Å². The minimum absolute atomic E-state index is 0.228. The summed E-state index contributed by atoms with van der Waals surface area (Å²) in [6.45, 7) is 6.76. The number of aliphatic hydroxyl groups excluding tert-OH is 1. The van der Waals surface area contributed by atoms with Gasteiger partial charge in [-0.05, 0) is 36.2 Å². The standard InChI is InChI=1S/C13H23NO3S/c1-11(2)17-5-4-16-9-13(15)8-14-7-12-3-6-18-10-12/h3,6,10-11,13-15H,4-5,7-9H2,1-2H3. The average molecular weight is 273 g/mol. The van der Waals surface area contributed by atoms with Gasteiger partial charge in [0.05, 0.1) is 32.0 Å². The van der Waals surface area contributed by atoms with Crippen LogP contribution in [0.5, 0.6) is 0 Å². The first-order valence-corrected chi connectivity index (χ1v) is 7.22. The lowest BCUT2D eigenvalue weighted by atomic mass is 10.3. The molecule has 1 rings (SSSR count). The second kappa shape index (κ2) is 9.47. The predicted molar refractivity (Wildman–Crippen MR) is 73.9 cm³/mol. The van der Waals surface area contributed by atoms with Crippen molar-refractivity contribution < 1.29 is 14.6 Å². The number of thiophene rings is 1. The van der Waals surface area contributed by atoms with Crippen LogP contribution >= 0.6 is 11.3 Å². The van der Waals surface area contributed by atoms with Gasteiger partial charge in [-0.2, -0.15) is 11.3 Å². The monoisotopic (exact) mass is 273 g/mol. The molecule has 104 valence electrons. The highest BCUT2D eigenvalue weighted by Crippen LogP contribution is 2.04. The van der Waals surface area contributed by atoms with Crippen LogP contribution in [-0.4, -0.2) is 43.7 Å². The van der Waals surface area contributed by atoms with Gasteiger partial charge in [-0.15, -0.1) is 0 Å².